The van der Waals surface area contributed by atoms with Crippen LogP contribution in [0, 0.1) is 11.3 Å². The van der Waals surface area contributed by atoms with E-state index in [-0.39, 0.29) is 17.4 Å². The molecule has 0 aliphatic rings. The summed E-state index contributed by atoms with van der Waals surface area (Å²) in [5.41, 5.74) is 1.19. The van der Waals surface area contributed by atoms with Gasteiger partial charge in [-0.2, -0.15) is 5.26 Å². The number of aromatic nitrogens is 2. The predicted octanol–water partition coefficient (Wildman–Crippen LogP) is 1.66. The van der Waals surface area contributed by atoms with Crippen molar-refractivity contribution in [3.63, 3.8) is 0 Å². The van der Waals surface area contributed by atoms with Gasteiger partial charge in [-0.15, -0.1) is 11.8 Å². The molecule has 0 aliphatic carbocycles. The van der Waals surface area contributed by atoms with Gasteiger partial charge in [0.15, 0.2) is 0 Å². The van der Waals surface area contributed by atoms with Crippen molar-refractivity contribution in [1.29, 1.82) is 5.26 Å². The number of rotatable bonds is 7. The second-order valence-corrected chi connectivity index (χ2v) is 5.82. The normalized spacial score (nSPS) is 9.96. The van der Waals surface area contributed by atoms with Crippen molar-refractivity contribution in [2.45, 2.75) is 11.9 Å². The summed E-state index contributed by atoms with van der Waals surface area (Å²) in [5, 5.41) is 18.3. The fourth-order valence-electron chi connectivity index (χ4n) is 2.01. The molecular weight excluding hydrogens is 340 g/mol. The molecule has 0 unspecified atom stereocenters. The first kappa shape index (κ1) is 18.4. The van der Waals surface area contributed by atoms with Gasteiger partial charge in [0.2, 0.25) is 11.9 Å². The molecule has 1 amide bonds. The molecule has 0 bridgehead atoms. The first-order valence-corrected chi connectivity index (χ1v) is 8.69. The third-order valence-electron chi connectivity index (χ3n) is 3.17. The Hall–Kier alpha value is -2.99. The van der Waals surface area contributed by atoms with Crippen molar-refractivity contribution in [2.75, 3.05) is 30.0 Å². The number of amides is 1. The minimum atomic E-state index is -0.472. The minimum Gasteiger partial charge on any atom is -0.383 e. The summed E-state index contributed by atoms with van der Waals surface area (Å²) in [6.45, 7) is 2.64. The highest BCUT2D eigenvalue weighted by Crippen LogP contribution is 2.19. The number of hydrogen-bond acceptors (Lipinski definition) is 7. The fourth-order valence-corrected chi connectivity index (χ4v) is 2.54. The van der Waals surface area contributed by atoms with Crippen molar-refractivity contribution in [3.8, 4) is 6.07 Å². The van der Waals surface area contributed by atoms with Crippen LogP contribution >= 0.6 is 11.8 Å². The Kier molecular flexibility index (Phi) is 6.42. The Labute approximate surface area is 149 Å². The lowest BCUT2D eigenvalue weighted by Crippen LogP contribution is -2.26. The molecule has 0 spiro atoms. The maximum absolute atomic E-state index is 11.9. The van der Waals surface area contributed by atoms with E-state index in [1.807, 2.05) is 30.3 Å². The topological polar surface area (TPSA) is 123 Å². The fraction of sp³-hybridized carbons (Fsp3) is 0.250. The summed E-state index contributed by atoms with van der Waals surface area (Å²) in [6, 6.07) is 9.25. The van der Waals surface area contributed by atoms with Gasteiger partial charge in [-0.05, 0) is 30.5 Å². The molecule has 0 saturated carbocycles. The van der Waals surface area contributed by atoms with Crippen molar-refractivity contribution in [2.24, 2.45) is 0 Å². The smallest absolute Gasteiger partial charge is 0.271 e. The van der Waals surface area contributed by atoms with E-state index < -0.39 is 5.56 Å². The van der Waals surface area contributed by atoms with Gasteiger partial charge in [0, 0.05) is 31.4 Å². The zero-order chi connectivity index (χ0) is 18.2. The average Bonchev–Trinajstić information content (AvgIpc) is 2.59. The van der Waals surface area contributed by atoms with Crippen LogP contribution in [0.1, 0.15) is 12.5 Å². The van der Waals surface area contributed by atoms with Crippen LogP contribution in [0.2, 0.25) is 0 Å². The van der Waals surface area contributed by atoms with E-state index >= 15 is 0 Å². The lowest BCUT2D eigenvalue weighted by atomic mass is 10.3. The molecule has 4 N–H and O–H groups in total. The maximum Gasteiger partial charge on any atom is 0.271 e. The van der Waals surface area contributed by atoms with Gasteiger partial charge in [0.25, 0.3) is 5.56 Å². The van der Waals surface area contributed by atoms with E-state index in [1.165, 1.54) is 18.7 Å². The average molecular weight is 358 g/mol. The Morgan fingerprint density at radius 2 is 1.96 bits per heavy atom. The Morgan fingerprint density at radius 1 is 1.28 bits per heavy atom. The Bertz CT molecular complexity index is 841. The zero-order valence-corrected chi connectivity index (χ0v) is 14.7. The number of hydrogen-bond donors (Lipinski definition) is 4. The van der Waals surface area contributed by atoms with Crippen LogP contribution in [-0.2, 0) is 4.79 Å². The number of anilines is 3. The van der Waals surface area contributed by atoms with Gasteiger partial charge in [-0.1, -0.05) is 0 Å². The SMILES string of the molecule is CSc1nc(Nc2ccc(NCCNC(C)=O)cc2)[nH]c(=O)c1C#N. The second kappa shape index (κ2) is 8.75. The van der Waals surface area contributed by atoms with Gasteiger partial charge in [-0.25, -0.2) is 4.98 Å². The predicted molar refractivity (Wildman–Crippen MR) is 98.3 cm³/mol. The summed E-state index contributed by atoms with van der Waals surface area (Å²) in [7, 11) is 0. The minimum absolute atomic E-state index is 0.0109. The van der Waals surface area contributed by atoms with E-state index in [4.69, 9.17) is 5.26 Å². The van der Waals surface area contributed by atoms with Crippen molar-refractivity contribution in [3.05, 3.63) is 40.2 Å². The molecule has 0 saturated heterocycles. The molecular formula is C16H18N6O2S. The lowest BCUT2D eigenvalue weighted by Gasteiger charge is -2.10. The molecule has 0 fully saturated rings. The number of carbonyl (C=O) groups excluding carboxylic acids is 1. The quantitative estimate of drug-likeness (QED) is 0.337. The summed E-state index contributed by atoms with van der Waals surface area (Å²) in [6.07, 6.45) is 1.76. The zero-order valence-electron chi connectivity index (χ0n) is 13.8. The highest BCUT2D eigenvalue weighted by atomic mass is 32.2. The molecule has 0 aliphatic heterocycles. The van der Waals surface area contributed by atoms with Crippen molar-refractivity contribution < 1.29 is 4.79 Å². The van der Waals surface area contributed by atoms with E-state index in [0.29, 0.717) is 18.1 Å². The molecule has 1 aromatic carbocycles. The molecule has 9 heteroatoms. The van der Waals surface area contributed by atoms with Gasteiger partial charge >= 0.3 is 0 Å². The van der Waals surface area contributed by atoms with Gasteiger partial charge in [0.05, 0.1) is 0 Å². The van der Waals surface area contributed by atoms with E-state index in [9.17, 15) is 9.59 Å². The maximum atomic E-state index is 11.9. The van der Waals surface area contributed by atoms with Crippen LogP contribution in [0.15, 0.2) is 34.1 Å². The summed E-state index contributed by atoms with van der Waals surface area (Å²) >= 11 is 1.24. The molecule has 2 rings (SSSR count). The first-order valence-electron chi connectivity index (χ1n) is 7.47. The number of benzene rings is 1. The summed E-state index contributed by atoms with van der Waals surface area (Å²) in [4.78, 5) is 29.4. The van der Waals surface area contributed by atoms with Crippen LogP contribution in [0.3, 0.4) is 0 Å². The van der Waals surface area contributed by atoms with Crippen LogP contribution in [0.4, 0.5) is 17.3 Å². The molecule has 130 valence electrons. The van der Waals surface area contributed by atoms with Crippen LogP contribution in [-0.4, -0.2) is 35.2 Å². The molecule has 0 radical (unpaired) electrons. The highest BCUT2D eigenvalue weighted by molar-refractivity contribution is 7.98. The number of nitriles is 1. The lowest BCUT2D eigenvalue weighted by molar-refractivity contribution is -0.118. The second-order valence-electron chi connectivity index (χ2n) is 5.02. The van der Waals surface area contributed by atoms with Crippen LogP contribution < -0.4 is 21.5 Å². The number of nitrogens with one attached hydrogen (secondary N) is 4. The van der Waals surface area contributed by atoms with Gasteiger partial charge in [-0.3, -0.25) is 14.6 Å². The number of thioether (sulfide) groups is 1. The van der Waals surface area contributed by atoms with Gasteiger partial charge in [0.1, 0.15) is 16.7 Å². The third kappa shape index (κ3) is 5.26. The molecule has 0 atom stereocenters. The number of H-pyrrole nitrogens is 1. The third-order valence-corrected chi connectivity index (χ3v) is 3.85. The molecule has 8 nitrogen and oxygen atoms in total. The molecule has 25 heavy (non-hydrogen) atoms. The van der Waals surface area contributed by atoms with E-state index in [1.54, 1.807) is 6.26 Å². The molecule has 1 aromatic heterocycles. The summed E-state index contributed by atoms with van der Waals surface area (Å²) < 4.78 is 0. The Balaban J connectivity index is 2.02. The van der Waals surface area contributed by atoms with Gasteiger partial charge < -0.3 is 16.0 Å². The highest BCUT2D eigenvalue weighted by Gasteiger charge is 2.10. The van der Waals surface area contributed by atoms with Crippen LogP contribution in [0.5, 0.6) is 0 Å². The molecule has 2 aromatic rings. The number of carbonyl (C=O) groups is 1. The first-order chi connectivity index (χ1) is 12.0. The summed E-state index contributed by atoms with van der Waals surface area (Å²) in [5.74, 6) is 0.217. The Morgan fingerprint density at radius 3 is 2.56 bits per heavy atom. The van der Waals surface area contributed by atoms with Crippen LogP contribution in [0.25, 0.3) is 0 Å². The van der Waals surface area contributed by atoms with E-state index in [2.05, 4.69) is 25.9 Å². The number of nitrogens with zero attached hydrogens (tertiary/aromatic N) is 2. The largest absolute Gasteiger partial charge is 0.383 e. The van der Waals surface area contributed by atoms with E-state index in [0.717, 1.165) is 11.4 Å². The molecule has 1 heterocycles. The van der Waals surface area contributed by atoms with Crippen molar-refractivity contribution >= 4 is 35.0 Å². The van der Waals surface area contributed by atoms with Crippen molar-refractivity contribution in [1.82, 2.24) is 15.3 Å². The monoisotopic (exact) mass is 358 g/mol. The number of aromatic amines is 1. The standard InChI is InChI=1S/C16H18N6O2S/c1-10(23)18-7-8-19-11-3-5-12(6-4-11)20-16-21-14(24)13(9-17)15(22-16)25-2/h3-6,19H,7-8H2,1-2H3,(H,18,23)(H2,20,21,22,24).